The highest BCUT2D eigenvalue weighted by atomic mass is 16.2. The van der Waals surface area contributed by atoms with Gasteiger partial charge in [0.05, 0.1) is 0 Å². The van der Waals surface area contributed by atoms with Crippen LogP contribution in [0.4, 0.5) is 4.79 Å². The number of amides is 4. The lowest BCUT2D eigenvalue weighted by atomic mass is 9.93. The van der Waals surface area contributed by atoms with Crippen LogP contribution in [0.3, 0.4) is 0 Å². The first kappa shape index (κ1) is 16.2. The fourth-order valence-corrected chi connectivity index (χ4v) is 4.16. The summed E-state index contributed by atoms with van der Waals surface area (Å²) in [6.07, 6.45) is 4.04. The Morgan fingerprint density at radius 3 is 2.52 bits per heavy atom. The van der Waals surface area contributed by atoms with Gasteiger partial charge in [0.2, 0.25) is 5.91 Å². The number of rotatable bonds is 4. The predicted molar refractivity (Wildman–Crippen MR) is 84.7 cm³/mol. The Labute approximate surface area is 136 Å². The van der Waals surface area contributed by atoms with E-state index in [0.29, 0.717) is 12.8 Å². The van der Waals surface area contributed by atoms with E-state index in [9.17, 15) is 14.4 Å². The van der Waals surface area contributed by atoms with Crippen LogP contribution >= 0.6 is 0 Å². The summed E-state index contributed by atoms with van der Waals surface area (Å²) in [5.74, 6) is -0.367. The molecule has 2 atom stereocenters. The van der Waals surface area contributed by atoms with Crippen LogP contribution in [0.1, 0.15) is 46.0 Å². The van der Waals surface area contributed by atoms with Crippen molar-refractivity contribution in [3.05, 3.63) is 0 Å². The molecule has 3 aliphatic rings. The van der Waals surface area contributed by atoms with E-state index in [1.54, 1.807) is 0 Å². The van der Waals surface area contributed by atoms with Crippen molar-refractivity contribution < 1.29 is 14.4 Å². The second-order valence-electron chi connectivity index (χ2n) is 6.79. The fraction of sp³-hybridized carbons (Fsp3) is 0.812. The molecule has 7 nitrogen and oxygen atoms in total. The van der Waals surface area contributed by atoms with Crippen molar-refractivity contribution in [1.29, 1.82) is 0 Å². The Balaban J connectivity index is 1.73. The predicted octanol–water partition coefficient (Wildman–Crippen LogP) is 0.450. The molecule has 3 aliphatic heterocycles. The molecule has 0 aromatic carbocycles. The SMILES string of the molecule is CCC1(CC)NC(=O)N(CC(=O)N2C3CCNCC2CC3)C1=O. The Hall–Kier alpha value is -1.63. The van der Waals surface area contributed by atoms with Crippen LogP contribution in [0.2, 0.25) is 0 Å². The minimum Gasteiger partial charge on any atom is -0.334 e. The van der Waals surface area contributed by atoms with Gasteiger partial charge in [-0.3, -0.25) is 14.5 Å². The summed E-state index contributed by atoms with van der Waals surface area (Å²) in [5, 5.41) is 6.13. The van der Waals surface area contributed by atoms with E-state index in [1.807, 2.05) is 18.7 Å². The number of carbonyl (C=O) groups excluding carboxylic acids is 3. The van der Waals surface area contributed by atoms with Crippen LogP contribution in [0.25, 0.3) is 0 Å². The number of carbonyl (C=O) groups is 3. The molecule has 0 aromatic heterocycles. The van der Waals surface area contributed by atoms with Gasteiger partial charge in [0, 0.05) is 18.6 Å². The summed E-state index contributed by atoms with van der Waals surface area (Å²) in [4.78, 5) is 40.6. The van der Waals surface area contributed by atoms with Gasteiger partial charge in [-0.2, -0.15) is 0 Å². The zero-order chi connectivity index (χ0) is 16.6. The molecule has 128 valence electrons. The molecule has 3 saturated heterocycles. The third-order valence-electron chi connectivity index (χ3n) is 5.69. The molecule has 3 rings (SSSR count). The van der Waals surface area contributed by atoms with Crippen LogP contribution < -0.4 is 10.6 Å². The summed E-state index contributed by atoms with van der Waals surface area (Å²) in [6, 6.07) is -0.00408. The average molecular weight is 322 g/mol. The highest BCUT2D eigenvalue weighted by molar-refractivity contribution is 6.09. The molecule has 0 aliphatic carbocycles. The number of imide groups is 1. The minimum atomic E-state index is -0.837. The zero-order valence-electron chi connectivity index (χ0n) is 13.9. The number of hydrogen-bond acceptors (Lipinski definition) is 4. The molecule has 3 heterocycles. The molecule has 0 radical (unpaired) electrons. The van der Waals surface area contributed by atoms with Crippen LogP contribution in [0.5, 0.6) is 0 Å². The molecular weight excluding hydrogens is 296 g/mol. The fourth-order valence-electron chi connectivity index (χ4n) is 4.16. The van der Waals surface area contributed by atoms with E-state index in [4.69, 9.17) is 0 Å². The highest BCUT2D eigenvalue weighted by Crippen LogP contribution is 2.29. The first-order chi connectivity index (χ1) is 11.0. The van der Waals surface area contributed by atoms with Crippen LogP contribution in [0, 0.1) is 0 Å². The summed E-state index contributed by atoms with van der Waals surface area (Å²) < 4.78 is 0. The van der Waals surface area contributed by atoms with Gasteiger partial charge in [-0.15, -0.1) is 0 Å². The Bertz CT molecular complexity index is 503. The van der Waals surface area contributed by atoms with Gasteiger partial charge in [-0.1, -0.05) is 13.8 Å². The standard InChI is InChI=1S/C16H26N4O3/c1-3-16(4-2)14(22)19(15(23)18-16)10-13(21)20-11-5-6-12(20)9-17-8-7-11/h11-12,17H,3-10H2,1-2H3,(H,18,23). The lowest BCUT2D eigenvalue weighted by molar-refractivity contribution is -0.140. The molecular formula is C16H26N4O3. The van der Waals surface area contributed by atoms with E-state index in [-0.39, 0.29) is 30.4 Å². The topological polar surface area (TPSA) is 81.8 Å². The molecule has 2 unspecified atom stereocenters. The Morgan fingerprint density at radius 1 is 1.17 bits per heavy atom. The molecule has 4 amide bonds. The maximum Gasteiger partial charge on any atom is 0.325 e. The number of fused-ring (bicyclic) bond motifs is 2. The van der Waals surface area contributed by atoms with Crippen molar-refractivity contribution >= 4 is 17.8 Å². The third-order valence-corrected chi connectivity index (χ3v) is 5.69. The lowest BCUT2D eigenvalue weighted by Crippen LogP contribution is -2.49. The first-order valence-electron chi connectivity index (χ1n) is 8.68. The molecule has 7 heteroatoms. The highest BCUT2D eigenvalue weighted by Gasteiger charge is 2.50. The number of urea groups is 1. The number of hydrogen-bond donors (Lipinski definition) is 2. The molecule has 0 aromatic rings. The summed E-state index contributed by atoms with van der Waals surface area (Å²) in [7, 11) is 0. The van der Waals surface area contributed by atoms with E-state index in [0.717, 1.165) is 37.3 Å². The average Bonchev–Trinajstić information content (AvgIpc) is 2.94. The molecule has 2 bridgehead atoms. The lowest BCUT2D eigenvalue weighted by Gasteiger charge is -2.29. The van der Waals surface area contributed by atoms with Crippen molar-refractivity contribution in [2.24, 2.45) is 0 Å². The first-order valence-corrected chi connectivity index (χ1v) is 8.68. The monoisotopic (exact) mass is 322 g/mol. The summed E-state index contributed by atoms with van der Waals surface area (Å²) in [6.45, 7) is 5.35. The van der Waals surface area contributed by atoms with Crippen LogP contribution in [-0.2, 0) is 9.59 Å². The molecule has 0 saturated carbocycles. The number of nitrogens with zero attached hydrogens (tertiary/aromatic N) is 2. The van der Waals surface area contributed by atoms with Crippen LogP contribution in [-0.4, -0.2) is 64.9 Å². The van der Waals surface area contributed by atoms with E-state index >= 15 is 0 Å². The van der Waals surface area contributed by atoms with E-state index in [1.165, 1.54) is 0 Å². The van der Waals surface area contributed by atoms with Crippen molar-refractivity contribution in [3.63, 3.8) is 0 Å². The second kappa shape index (κ2) is 6.11. The number of nitrogens with one attached hydrogen (secondary N) is 2. The quantitative estimate of drug-likeness (QED) is 0.736. The maximum atomic E-state index is 12.8. The molecule has 23 heavy (non-hydrogen) atoms. The van der Waals surface area contributed by atoms with Crippen molar-refractivity contribution in [3.8, 4) is 0 Å². The largest absolute Gasteiger partial charge is 0.334 e. The normalized spacial score (nSPS) is 29.7. The van der Waals surface area contributed by atoms with E-state index in [2.05, 4.69) is 10.6 Å². The van der Waals surface area contributed by atoms with E-state index < -0.39 is 11.6 Å². The third kappa shape index (κ3) is 2.60. The van der Waals surface area contributed by atoms with Gasteiger partial charge in [0.25, 0.3) is 5.91 Å². The Morgan fingerprint density at radius 2 is 1.87 bits per heavy atom. The van der Waals surface area contributed by atoms with Crippen LogP contribution in [0.15, 0.2) is 0 Å². The van der Waals surface area contributed by atoms with Gasteiger partial charge >= 0.3 is 6.03 Å². The second-order valence-corrected chi connectivity index (χ2v) is 6.79. The van der Waals surface area contributed by atoms with Crippen molar-refractivity contribution in [2.45, 2.75) is 63.6 Å². The Kier molecular flexibility index (Phi) is 4.31. The maximum absolute atomic E-state index is 12.8. The van der Waals surface area contributed by atoms with Crippen molar-refractivity contribution in [1.82, 2.24) is 20.4 Å². The summed E-state index contributed by atoms with van der Waals surface area (Å²) in [5.41, 5.74) is -0.837. The molecule has 3 fully saturated rings. The smallest absolute Gasteiger partial charge is 0.325 e. The minimum absolute atomic E-state index is 0.104. The van der Waals surface area contributed by atoms with Gasteiger partial charge in [0.15, 0.2) is 0 Å². The summed E-state index contributed by atoms with van der Waals surface area (Å²) >= 11 is 0. The van der Waals surface area contributed by atoms with Crippen molar-refractivity contribution in [2.75, 3.05) is 19.6 Å². The molecule has 2 N–H and O–H groups in total. The van der Waals surface area contributed by atoms with Gasteiger partial charge in [-0.25, -0.2) is 4.79 Å². The zero-order valence-corrected chi connectivity index (χ0v) is 13.9. The van der Waals surface area contributed by atoms with Gasteiger partial charge in [0.1, 0.15) is 12.1 Å². The van der Waals surface area contributed by atoms with Gasteiger partial charge in [-0.05, 0) is 38.6 Å². The molecule has 0 spiro atoms. The van der Waals surface area contributed by atoms with Gasteiger partial charge < -0.3 is 15.5 Å².